The molecule has 6 nitrogen and oxygen atoms in total. The lowest BCUT2D eigenvalue weighted by Gasteiger charge is -2.19. The number of nitrogens with one attached hydrogen (secondary N) is 2. The van der Waals surface area contributed by atoms with Gasteiger partial charge in [0.25, 0.3) is 5.91 Å². The first kappa shape index (κ1) is 23.1. The summed E-state index contributed by atoms with van der Waals surface area (Å²) in [7, 11) is 0. The fraction of sp³-hybridized carbons (Fsp3) is 0.214. The van der Waals surface area contributed by atoms with Crippen LogP contribution in [0.5, 0.6) is 11.5 Å². The summed E-state index contributed by atoms with van der Waals surface area (Å²) >= 11 is 0. The van der Waals surface area contributed by atoms with Gasteiger partial charge in [0.2, 0.25) is 12.7 Å². The third-order valence-electron chi connectivity index (χ3n) is 5.63. The normalized spacial score (nSPS) is 13.2. The minimum atomic E-state index is -0.848. The van der Waals surface area contributed by atoms with Crippen LogP contribution in [0.4, 0.5) is 5.69 Å². The van der Waals surface area contributed by atoms with Crippen LogP contribution in [0, 0.1) is 6.92 Å². The monoisotopic (exact) mass is 456 g/mol. The van der Waals surface area contributed by atoms with Gasteiger partial charge in [0, 0.05) is 11.8 Å². The summed E-state index contributed by atoms with van der Waals surface area (Å²) in [5, 5.41) is 5.75. The van der Waals surface area contributed by atoms with Crippen molar-refractivity contribution < 1.29 is 19.1 Å². The second-order valence-corrected chi connectivity index (χ2v) is 8.56. The number of anilines is 1. The molecular formula is C28H28N2O4. The molecule has 1 aliphatic rings. The first-order valence-corrected chi connectivity index (χ1v) is 11.2. The first-order valence-electron chi connectivity index (χ1n) is 11.2. The number of hydrogen-bond acceptors (Lipinski definition) is 4. The largest absolute Gasteiger partial charge is 0.454 e. The lowest BCUT2D eigenvalue weighted by Crippen LogP contribution is -2.36. The van der Waals surface area contributed by atoms with Gasteiger partial charge in [-0.3, -0.25) is 9.59 Å². The van der Waals surface area contributed by atoms with Crippen LogP contribution in [0.3, 0.4) is 0 Å². The van der Waals surface area contributed by atoms with Gasteiger partial charge in [-0.2, -0.15) is 0 Å². The third-order valence-corrected chi connectivity index (χ3v) is 5.63. The molecule has 0 aromatic heterocycles. The third kappa shape index (κ3) is 5.64. The second-order valence-electron chi connectivity index (χ2n) is 8.56. The maximum absolute atomic E-state index is 13.2. The van der Waals surface area contributed by atoms with Gasteiger partial charge in [-0.15, -0.1) is 0 Å². The first-order chi connectivity index (χ1) is 16.4. The zero-order valence-electron chi connectivity index (χ0n) is 19.5. The molecule has 0 radical (unpaired) electrons. The molecule has 0 spiro atoms. The minimum Gasteiger partial charge on any atom is -0.454 e. The van der Waals surface area contributed by atoms with Crippen LogP contribution in [0.25, 0.3) is 6.08 Å². The predicted octanol–water partition coefficient (Wildman–Crippen LogP) is 5.36. The topological polar surface area (TPSA) is 76.7 Å². The van der Waals surface area contributed by atoms with Crippen molar-refractivity contribution in [3.05, 3.63) is 95.1 Å². The van der Waals surface area contributed by atoms with E-state index in [2.05, 4.69) is 24.5 Å². The number of hydrogen-bond donors (Lipinski definition) is 2. The zero-order chi connectivity index (χ0) is 24.1. The van der Waals surface area contributed by atoms with Crippen LogP contribution < -0.4 is 20.1 Å². The molecule has 0 fully saturated rings. The maximum Gasteiger partial charge on any atom is 0.251 e. The SMILES string of the molecule is Cc1ccc(C(NC(=O)/C=C/c2ccc3c(c2)OCO3)C(=O)Nc2ccc(C(C)C)cc2)cc1. The van der Waals surface area contributed by atoms with E-state index >= 15 is 0 Å². The Balaban J connectivity index is 1.49. The van der Waals surface area contributed by atoms with Gasteiger partial charge in [-0.25, -0.2) is 0 Å². The fourth-order valence-corrected chi connectivity index (χ4v) is 3.60. The molecule has 1 heterocycles. The van der Waals surface area contributed by atoms with Gasteiger partial charge >= 0.3 is 0 Å². The number of ether oxygens (including phenoxy) is 2. The van der Waals surface area contributed by atoms with Gasteiger partial charge in [-0.05, 0) is 59.9 Å². The Morgan fingerprint density at radius 3 is 2.26 bits per heavy atom. The molecule has 34 heavy (non-hydrogen) atoms. The quantitative estimate of drug-likeness (QED) is 0.470. The molecule has 174 valence electrons. The van der Waals surface area contributed by atoms with Gasteiger partial charge in [0.1, 0.15) is 6.04 Å². The molecule has 1 unspecified atom stereocenters. The van der Waals surface area contributed by atoms with Crippen LogP contribution in [-0.2, 0) is 9.59 Å². The van der Waals surface area contributed by atoms with Gasteiger partial charge in [0.15, 0.2) is 11.5 Å². The molecule has 2 N–H and O–H groups in total. The number of benzene rings is 3. The molecule has 0 aliphatic carbocycles. The Morgan fingerprint density at radius 2 is 1.56 bits per heavy atom. The van der Waals surface area contributed by atoms with Crippen LogP contribution in [-0.4, -0.2) is 18.6 Å². The van der Waals surface area contributed by atoms with E-state index in [1.165, 1.54) is 11.6 Å². The minimum absolute atomic E-state index is 0.191. The highest BCUT2D eigenvalue weighted by atomic mass is 16.7. The van der Waals surface area contributed by atoms with Crippen molar-refractivity contribution in [2.45, 2.75) is 32.7 Å². The Bertz CT molecular complexity index is 1200. The van der Waals surface area contributed by atoms with Crippen molar-refractivity contribution in [2.24, 2.45) is 0 Å². The zero-order valence-corrected chi connectivity index (χ0v) is 19.5. The molecule has 1 atom stereocenters. The Kier molecular flexibility index (Phi) is 6.97. The molecule has 4 rings (SSSR count). The van der Waals surface area contributed by atoms with E-state index < -0.39 is 6.04 Å². The highest BCUT2D eigenvalue weighted by Gasteiger charge is 2.22. The summed E-state index contributed by atoms with van der Waals surface area (Å²) in [4.78, 5) is 25.9. The summed E-state index contributed by atoms with van der Waals surface area (Å²) in [6.07, 6.45) is 3.08. The van der Waals surface area contributed by atoms with Crippen molar-refractivity contribution in [1.29, 1.82) is 0 Å². The molecule has 0 saturated carbocycles. The van der Waals surface area contributed by atoms with Crippen molar-refractivity contribution in [2.75, 3.05) is 12.1 Å². The van der Waals surface area contributed by atoms with E-state index in [-0.39, 0.29) is 18.6 Å². The fourth-order valence-electron chi connectivity index (χ4n) is 3.60. The van der Waals surface area contributed by atoms with Crippen molar-refractivity contribution in [3.63, 3.8) is 0 Å². The van der Waals surface area contributed by atoms with E-state index in [9.17, 15) is 9.59 Å². The van der Waals surface area contributed by atoms with E-state index in [4.69, 9.17) is 9.47 Å². The second kappa shape index (κ2) is 10.3. The molecule has 3 aromatic carbocycles. The number of carbonyl (C=O) groups is 2. The summed E-state index contributed by atoms with van der Waals surface area (Å²) in [6.45, 7) is 6.40. The Morgan fingerprint density at radius 1 is 0.882 bits per heavy atom. The average molecular weight is 457 g/mol. The number of carbonyl (C=O) groups excluding carboxylic acids is 2. The molecule has 6 heteroatoms. The highest BCUT2D eigenvalue weighted by Crippen LogP contribution is 2.32. The van der Waals surface area contributed by atoms with Gasteiger partial charge in [-0.1, -0.05) is 61.9 Å². The number of rotatable bonds is 7. The van der Waals surface area contributed by atoms with Gasteiger partial charge < -0.3 is 20.1 Å². The Labute approximate surface area is 199 Å². The van der Waals surface area contributed by atoms with Gasteiger partial charge in [0.05, 0.1) is 0 Å². The number of fused-ring (bicyclic) bond motifs is 1. The van der Waals surface area contributed by atoms with Crippen LogP contribution in [0.15, 0.2) is 72.8 Å². The molecular weight excluding hydrogens is 428 g/mol. The molecule has 0 saturated heterocycles. The highest BCUT2D eigenvalue weighted by molar-refractivity contribution is 6.00. The van der Waals surface area contributed by atoms with Crippen LogP contribution in [0.2, 0.25) is 0 Å². The van der Waals surface area contributed by atoms with Crippen molar-refractivity contribution in [3.8, 4) is 11.5 Å². The maximum atomic E-state index is 13.2. The van der Waals surface area contributed by atoms with Crippen molar-refractivity contribution >= 4 is 23.6 Å². The molecule has 2 amide bonds. The Hall–Kier alpha value is -4.06. The molecule has 3 aromatic rings. The molecule has 0 bridgehead atoms. The standard InChI is InChI=1S/C28H28N2O4/c1-18(2)21-10-12-23(13-11-21)29-28(32)27(22-8-4-19(3)5-9-22)30-26(31)15-7-20-6-14-24-25(16-20)34-17-33-24/h4-16,18,27H,17H2,1-3H3,(H,29,32)(H,30,31)/b15-7+. The lowest BCUT2D eigenvalue weighted by molar-refractivity contribution is -0.123. The smallest absolute Gasteiger partial charge is 0.251 e. The summed E-state index contributed by atoms with van der Waals surface area (Å²) < 4.78 is 10.7. The lowest BCUT2D eigenvalue weighted by atomic mass is 10.0. The summed E-state index contributed by atoms with van der Waals surface area (Å²) in [5.74, 6) is 1.03. The van der Waals surface area contributed by atoms with E-state index in [0.29, 0.717) is 28.7 Å². The average Bonchev–Trinajstić information content (AvgIpc) is 3.30. The van der Waals surface area contributed by atoms with E-state index in [0.717, 1.165) is 11.1 Å². The van der Waals surface area contributed by atoms with E-state index in [1.807, 2.05) is 61.5 Å². The number of amides is 2. The number of aryl methyl sites for hydroxylation is 1. The summed E-state index contributed by atoms with van der Waals surface area (Å²) in [6, 6.07) is 19.9. The summed E-state index contributed by atoms with van der Waals surface area (Å²) in [5.41, 5.74) is 4.43. The van der Waals surface area contributed by atoms with Crippen LogP contribution >= 0.6 is 0 Å². The van der Waals surface area contributed by atoms with Crippen molar-refractivity contribution in [1.82, 2.24) is 5.32 Å². The van der Waals surface area contributed by atoms with Crippen LogP contribution in [0.1, 0.15) is 48.1 Å². The van der Waals surface area contributed by atoms with E-state index in [1.54, 1.807) is 18.2 Å². The predicted molar refractivity (Wildman–Crippen MR) is 133 cm³/mol. The molecule has 1 aliphatic heterocycles.